The van der Waals surface area contributed by atoms with Crippen LogP contribution in [0.25, 0.3) is 11.0 Å². The summed E-state index contributed by atoms with van der Waals surface area (Å²) in [5, 5.41) is 28.4. The van der Waals surface area contributed by atoms with E-state index in [1.165, 1.54) is 12.1 Å². The number of fused-ring (bicyclic) bond motifs is 1. The van der Waals surface area contributed by atoms with Gasteiger partial charge in [0.2, 0.25) is 0 Å². The minimum atomic E-state index is -0.879. The number of benzene rings is 3. The van der Waals surface area contributed by atoms with Gasteiger partial charge in [-0.05, 0) is 42.0 Å². The highest BCUT2D eigenvalue weighted by Gasteiger charge is 2.14. The van der Waals surface area contributed by atoms with E-state index in [1.54, 1.807) is 66.7 Å². The summed E-state index contributed by atoms with van der Waals surface area (Å²) >= 11 is 0. The largest absolute Gasteiger partial charge is 0.508 e. The minimum Gasteiger partial charge on any atom is -0.508 e. The van der Waals surface area contributed by atoms with Crippen LogP contribution in [0.5, 0.6) is 11.5 Å². The predicted octanol–water partition coefficient (Wildman–Crippen LogP) is 4.18. The van der Waals surface area contributed by atoms with E-state index in [9.17, 15) is 19.8 Å². The quantitative estimate of drug-likeness (QED) is 0.453. The summed E-state index contributed by atoms with van der Waals surface area (Å²) in [6.45, 7) is 0. The van der Waals surface area contributed by atoms with Gasteiger partial charge in [-0.15, -0.1) is 0 Å². The molecule has 0 aliphatic rings. The molecule has 29 heavy (non-hydrogen) atoms. The summed E-state index contributed by atoms with van der Waals surface area (Å²) in [6.07, 6.45) is 0.249. The van der Waals surface area contributed by atoms with Crippen LogP contribution in [0, 0.1) is 0 Å². The summed E-state index contributed by atoms with van der Waals surface area (Å²) in [5.41, 5.74) is 1.17. The van der Waals surface area contributed by atoms with Gasteiger partial charge < -0.3 is 19.7 Å². The molecular weight excluding hydrogens is 372 g/mol. The van der Waals surface area contributed by atoms with Crippen LogP contribution in [0.15, 0.2) is 88.1 Å². The maximum absolute atomic E-state index is 11.9. The monoisotopic (exact) mass is 390 g/mol. The van der Waals surface area contributed by atoms with E-state index in [1.807, 2.05) is 0 Å². The summed E-state index contributed by atoms with van der Waals surface area (Å²) in [4.78, 5) is 22.2. The van der Waals surface area contributed by atoms with Crippen LogP contribution in [-0.2, 0) is 6.42 Å². The van der Waals surface area contributed by atoms with E-state index < -0.39 is 11.6 Å². The third-order valence-corrected chi connectivity index (χ3v) is 4.22. The number of carboxylic acid groups (broad SMARTS) is 1. The fraction of sp³-hybridized carbons (Fsp3) is 0.0435. The van der Waals surface area contributed by atoms with E-state index in [2.05, 4.69) is 0 Å². The normalized spacial score (nSPS) is 10.2. The second kappa shape index (κ2) is 8.75. The lowest BCUT2D eigenvalue weighted by Gasteiger charge is -2.06. The van der Waals surface area contributed by atoms with Gasteiger partial charge in [0.15, 0.2) is 0 Å². The smallest absolute Gasteiger partial charge is 0.343 e. The van der Waals surface area contributed by atoms with Crippen molar-refractivity contribution < 1.29 is 24.5 Å². The van der Waals surface area contributed by atoms with Gasteiger partial charge in [0.25, 0.3) is 0 Å². The minimum absolute atomic E-state index is 0.0510. The molecule has 146 valence electrons. The summed E-state index contributed by atoms with van der Waals surface area (Å²) in [6, 6.07) is 21.6. The lowest BCUT2D eigenvalue weighted by Crippen LogP contribution is -2.08. The molecular formula is C23H18O6. The molecule has 1 aromatic heterocycles. The Kier molecular flexibility index (Phi) is 5.94. The van der Waals surface area contributed by atoms with Crippen molar-refractivity contribution in [1.82, 2.24) is 0 Å². The maximum Gasteiger partial charge on any atom is 0.343 e. The number of aromatic hydroxyl groups is 2. The maximum atomic E-state index is 11.9. The number of para-hydroxylation sites is 1. The number of aromatic carboxylic acids is 1. The zero-order chi connectivity index (χ0) is 20.8. The molecule has 0 bridgehead atoms. The molecule has 0 aliphatic carbocycles. The van der Waals surface area contributed by atoms with Crippen LogP contribution < -0.4 is 5.63 Å². The Morgan fingerprint density at radius 2 is 1.45 bits per heavy atom. The SMILES string of the molecule is O=C(O)c1ccccc1.O=c1oc2ccccc2c(O)c1Cc1ccc(O)cc1. The summed E-state index contributed by atoms with van der Waals surface area (Å²) in [5.74, 6) is -0.774. The lowest BCUT2D eigenvalue weighted by molar-refractivity contribution is 0.0697. The van der Waals surface area contributed by atoms with Crippen molar-refractivity contribution in [2.45, 2.75) is 6.42 Å². The average molecular weight is 390 g/mol. The van der Waals surface area contributed by atoms with Crippen molar-refractivity contribution in [1.29, 1.82) is 0 Å². The molecule has 0 aliphatic heterocycles. The van der Waals surface area contributed by atoms with Crippen LogP contribution in [0.4, 0.5) is 0 Å². The number of rotatable bonds is 3. The molecule has 0 fully saturated rings. The van der Waals surface area contributed by atoms with E-state index in [-0.39, 0.29) is 23.5 Å². The number of phenolic OH excluding ortho intramolecular Hbond substituents is 1. The molecule has 4 aromatic rings. The molecule has 1 heterocycles. The molecule has 0 atom stereocenters. The van der Waals surface area contributed by atoms with Crippen molar-refractivity contribution in [3.63, 3.8) is 0 Å². The lowest BCUT2D eigenvalue weighted by atomic mass is 10.0. The van der Waals surface area contributed by atoms with Gasteiger partial charge in [0.05, 0.1) is 16.5 Å². The van der Waals surface area contributed by atoms with Crippen LogP contribution in [0.2, 0.25) is 0 Å². The van der Waals surface area contributed by atoms with Crippen LogP contribution in [0.3, 0.4) is 0 Å². The van der Waals surface area contributed by atoms with E-state index >= 15 is 0 Å². The molecule has 0 amide bonds. The molecule has 0 unspecified atom stereocenters. The Labute approximate surface area is 165 Å². The number of hydrogen-bond donors (Lipinski definition) is 3. The summed E-state index contributed by atoms with van der Waals surface area (Å²) < 4.78 is 5.20. The van der Waals surface area contributed by atoms with Crippen molar-refractivity contribution in [2.24, 2.45) is 0 Å². The van der Waals surface area contributed by atoms with Gasteiger partial charge in [0, 0.05) is 6.42 Å². The van der Waals surface area contributed by atoms with Crippen LogP contribution >= 0.6 is 0 Å². The van der Waals surface area contributed by atoms with Crippen molar-refractivity contribution in [3.8, 4) is 11.5 Å². The Bertz CT molecular complexity index is 1180. The van der Waals surface area contributed by atoms with Gasteiger partial charge >= 0.3 is 11.6 Å². The Morgan fingerprint density at radius 3 is 2.07 bits per heavy atom. The molecule has 3 aromatic carbocycles. The van der Waals surface area contributed by atoms with Gasteiger partial charge in [-0.3, -0.25) is 0 Å². The van der Waals surface area contributed by atoms with Gasteiger partial charge in [0.1, 0.15) is 17.1 Å². The fourth-order valence-corrected chi connectivity index (χ4v) is 2.73. The molecule has 3 N–H and O–H groups in total. The summed E-state index contributed by atoms with van der Waals surface area (Å²) in [7, 11) is 0. The van der Waals surface area contributed by atoms with Crippen LogP contribution in [0.1, 0.15) is 21.5 Å². The number of carboxylic acids is 1. The standard InChI is InChI=1S/C16H12O4.C7H6O2/c17-11-7-5-10(6-8-11)9-13-15(18)12-3-1-2-4-14(12)20-16(13)19;8-7(9)6-4-2-1-3-5-6/h1-8,17-18H,9H2;1-5H,(H,8,9). The van der Waals surface area contributed by atoms with Gasteiger partial charge in [-0.25, -0.2) is 9.59 Å². The van der Waals surface area contributed by atoms with Gasteiger partial charge in [-0.2, -0.15) is 0 Å². The second-order valence-corrected chi connectivity index (χ2v) is 6.23. The fourth-order valence-electron chi connectivity index (χ4n) is 2.73. The Balaban J connectivity index is 0.000000224. The second-order valence-electron chi connectivity index (χ2n) is 6.23. The molecule has 0 radical (unpaired) electrons. The van der Waals surface area contributed by atoms with E-state index in [4.69, 9.17) is 9.52 Å². The number of carbonyl (C=O) groups is 1. The number of hydrogen-bond acceptors (Lipinski definition) is 5. The molecule has 4 rings (SSSR count). The van der Waals surface area contributed by atoms with E-state index in [0.717, 1.165) is 5.56 Å². The number of phenols is 1. The van der Waals surface area contributed by atoms with Gasteiger partial charge in [-0.1, -0.05) is 42.5 Å². The molecule has 6 nitrogen and oxygen atoms in total. The predicted molar refractivity (Wildman–Crippen MR) is 108 cm³/mol. The molecule has 0 spiro atoms. The Morgan fingerprint density at radius 1 is 0.828 bits per heavy atom. The first-order valence-electron chi connectivity index (χ1n) is 8.75. The topological polar surface area (TPSA) is 108 Å². The zero-order valence-electron chi connectivity index (χ0n) is 15.3. The van der Waals surface area contributed by atoms with E-state index in [0.29, 0.717) is 16.5 Å². The van der Waals surface area contributed by atoms with Crippen LogP contribution in [-0.4, -0.2) is 21.3 Å². The molecule has 6 heteroatoms. The van der Waals surface area contributed by atoms with Crippen molar-refractivity contribution in [2.75, 3.05) is 0 Å². The average Bonchev–Trinajstić information content (AvgIpc) is 2.73. The van der Waals surface area contributed by atoms with Crippen molar-refractivity contribution >= 4 is 16.9 Å². The molecule has 0 saturated carbocycles. The first-order valence-corrected chi connectivity index (χ1v) is 8.75. The molecule has 0 saturated heterocycles. The highest BCUT2D eigenvalue weighted by molar-refractivity contribution is 5.87. The third kappa shape index (κ3) is 4.81. The highest BCUT2D eigenvalue weighted by atomic mass is 16.4. The zero-order valence-corrected chi connectivity index (χ0v) is 15.3. The van der Waals surface area contributed by atoms with Crippen molar-refractivity contribution in [3.05, 3.63) is 106 Å². The first kappa shape index (κ1) is 19.7. The highest BCUT2D eigenvalue weighted by Crippen LogP contribution is 2.27. The first-order chi connectivity index (χ1) is 14.0. The third-order valence-electron chi connectivity index (χ3n) is 4.22. The Hall–Kier alpha value is -4.06.